The second-order valence-electron chi connectivity index (χ2n) is 5.65. The van der Waals surface area contributed by atoms with Gasteiger partial charge in [0.15, 0.2) is 0 Å². The number of imidazole rings is 1. The number of carboxylic acids is 1. The molecule has 4 aromatic rings. The second kappa shape index (κ2) is 8.30. The van der Waals surface area contributed by atoms with E-state index in [0.29, 0.717) is 32.5 Å². The SMILES string of the molecule is O=C([O-])c1cc(-c2cccnc2)c2nc(-c3ccc(Br)cc3F)cn2c1.[K+]. The van der Waals surface area contributed by atoms with E-state index in [1.54, 1.807) is 47.3 Å². The van der Waals surface area contributed by atoms with Crippen LogP contribution in [0.4, 0.5) is 4.39 Å². The average molecular weight is 450 g/mol. The molecule has 0 N–H and O–H groups in total. The van der Waals surface area contributed by atoms with Gasteiger partial charge >= 0.3 is 51.4 Å². The van der Waals surface area contributed by atoms with Gasteiger partial charge in [0.25, 0.3) is 0 Å². The zero-order valence-corrected chi connectivity index (χ0v) is 18.9. The number of carbonyl (C=O) groups is 1. The molecule has 0 radical (unpaired) electrons. The summed E-state index contributed by atoms with van der Waals surface area (Å²) < 4.78 is 16.5. The van der Waals surface area contributed by atoms with E-state index < -0.39 is 11.8 Å². The van der Waals surface area contributed by atoms with Crippen LogP contribution in [0.2, 0.25) is 0 Å². The number of benzene rings is 1. The predicted octanol–water partition coefficient (Wildman–Crippen LogP) is 0.332. The first-order valence-corrected chi connectivity index (χ1v) is 8.42. The van der Waals surface area contributed by atoms with E-state index in [1.807, 2.05) is 0 Å². The van der Waals surface area contributed by atoms with Crippen LogP contribution in [0.1, 0.15) is 10.4 Å². The van der Waals surface area contributed by atoms with Crippen LogP contribution in [0, 0.1) is 5.82 Å². The van der Waals surface area contributed by atoms with Gasteiger partial charge in [-0.05, 0) is 30.3 Å². The van der Waals surface area contributed by atoms with E-state index in [2.05, 4.69) is 25.9 Å². The molecular weight excluding hydrogens is 440 g/mol. The molecular formula is C19H10BrFKN3O2. The van der Waals surface area contributed by atoms with E-state index in [1.165, 1.54) is 18.3 Å². The monoisotopic (exact) mass is 449 g/mol. The molecule has 0 bridgehead atoms. The van der Waals surface area contributed by atoms with Crippen LogP contribution < -0.4 is 56.5 Å². The maximum absolute atomic E-state index is 14.3. The standard InChI is InChI=1S/C19H11BrFN3O2.K/c20-13-3-4-14(16(21)7-13)17-10-24-9-12(19(25)26)6-15(18(24)23-17)11-2-1-5-22-8-11;/h1-10H,(H,25,26);/q;+1/p-1. The van der Waals surface area contributed by atoms with E-state index in [9.17, 15) is 14.3 Å². The van der Waals surface area contributed by atoms with E-state index >= 15 is 0 Å². The molecule has 0 unspecified atom stereocenters. The first kappa shape index (κ1) is 20.3. The first-order chi connectivity index (χ1) is 12.5. The summed E-state index contributed by atoms with van der Waals surface area (Å²) >= 11 is 3.23. The van der Waals surface area contributed by atoms with Gasteiger partial charge in [-0.15, -0.1) is 0 Å². The van der Waals surface area contributed by atoms with E-state index in [4.69, 9.17) is 0 Å². The molecule has 0 aliphatic rings. The molecule has 0 saturated heterocycles. The molecule has 0 saturated carbocycles. The summed E-state index contributed by atoms with van der Waals surface area (Å²) in [5.74, 6) is -1.73. The Morgan fingerprint density at radius 2 is 1.96 bits per heavy atom. The van der Waals surface area contributed by atoms with Crippen molar-refractivity contribution in [1.29, 1.82) is 0 Å². The quantitative estimate of drug-likeness (QED) is 0.422. The van der Waals surface area contributed by atoms with Crippen LogP contribution in [-0.4, -0.2) is 20.3 Å². The van der Waals surface area contributed by atoms with Crippen LogP contribution in [0.25, 0.3) is 28.0 Å². The summed E-state index contributed by atoms with van der Waals surface area (Å²) in [6.07, 6.45) is 6.23. The number of hydrogen-bond acceptors (Lipinski definition) is 4. The summed E-state index contributed by atoms with van der Waals surface area (Å²) in [5, 5.41) is 11.4. The molecule has 3 aromatic heterocycles. The van der Waals surface area contributed by atoms with Crippen molar-refractivity contribution in [3.63, 3.8) is 0 Å². The molecule has 3 heterocycles. The molecule has 0 spiro atoms. The fourth-order valence-corrected chi connectivity index (χ4v) is 3.10. The Bertz CT molecular complexity index is 1150. The van der Waals surface area contributed by atoms with Crippen molar-refractivity contribution in [3.05, 3.63) is 77.0 Å². The van der Waals surface area contributed by atoms with Crippen LogP contribution in [0.3, 0.4) is 0 Å². The van der Waals surface area contributed by atoms with Crippen LogP contribution in [-0.2, 0) is 0 Å². The van der Waals surface area contributed by atoms with Gasteiger partial charge in [0.05, 0.1) is 11.7 Å². The zero-order valence-electron chi connectivity index (χ0n) is 14.2. The largest absolute Gasteiger partial charge is 1.00 e. The number of pyridine rings is 2. The molecule has 27 heavy (non-hydrogen) atoms. The number of nitrogens with zero attached hydrogens (tertiary/aromatic N) is 3. The minimum absolute atomic E-state index is 0. The van der Waals surface area contributed by atoms with E-state index in [0.717, 1.165) is 0 Å². The summed E-state index contributed by atoms with van der Waals surface area (Å²) in [4.78, 5) is 20.0. The van der Waals surface area contributed by atoms with Crippen molar-refractivity contribution in [3.8, 4) is 22.4 Å². The number of fused-ring (bicyclic) bond motifs is 1. The van der Waals surface area contributed by atoms with Crippen molar-refractivity contribution in [2.75, 3.05) is 0 Å². The van der Waals surface area contributed by atoms with Gasteiger partial charge in [0.1, 0.15) is 11.5 Å². The minimum atomic E-state index is -1.30. The zero-order chi connectivity index (χ0) is 18.3. The number of rotatable bonds is 3. The number of carbonyl (C=O) groups excluding carboxylic acids is 1. The Hall–Kier alpha value is -1.42. The van der Waals surface area contributed by atoms with Gasteiger partial charge in [-0.1, -0.05) is 22.0 Å². The Balaban J connectivity index is 0.00000210. The second-order valence-corrected chi connectivity index (χ2v) is 6.57. The van der Waals surface area contributed by atoms with Gasteiger partial charge in [0, 0.05) is 51.5 Å². The van der Waals surface area contributed by atoms with Crippen molar-refractivity contribution >= 4 is 27.5 Å². The van der Waals surface area contributed by atoms with Crippen LogP contribution >= 0.6 is 15.9 Å². The van der Waals surface area contributed by atoms with Gasteiger partial charge in [0.2, 0.25) is 0 Å². The Morgan fingerprint density at radius 1 is 1.15 bits per heavy atom. The number of aromatic nitrogens is 3. The molecule has 0 fully saturated rings. The molecule has 128 valence electrons. The minimum Gasteiger partial charge on any atom is -0.545 e. The molecule has 4 rings (SSSR count). The third kappa shape index (κ3) is 4.06. The van der Waals surface area contributed by atoms with Crippen LogP contribution in [0.15, 0.2) is 65.7 Å². The number of aromatic carboxylic acids is 1. The fourth-order valence-electron chi connectivity index (χ4n) is 2.77. The van der Waals surface area contributed by atoms with Gasteiger partial charge in [-0.25, -0.2) is 9.37 Å². The van der Waals surface area contributed by atoms with Gasteiger partial charge in [-0.2, -0.15) is 0 Å². The maximum Gasteiger partial charge on any atom is 1.00 e. The van der Waals surface area contributed by atoms with Gasteiger partial charge in [-0.3, -0.25) is 4.98 Å². The fraction of sp³-hybridized carbons (Fsp3) is 0. The smallest absolute Gasteiger partial charge is 0.545 e. The third-order valence-electron chi connectivity index (χ3n) is 3.97. The molecule has 0 aliphatic carbocycles. The Kier molecular flexibility index (Phi) is 6.24. The molecule has 0 aliphatic heterocycles. The summed E-state index contributed by atoms with van der Waals surface area (Å²) in [6, 6.07) is 9.72. The van der Waals surface area contributed by atoms with Crippen molar-refractivity contribution in [2.24, 2.45) is 0 Å². The van der Waals surface area contributed by atoms with Crippen molar-refractivity contribution < 1.29 is 65.7 Å². The normalized spacial score (nSPS) is 10.6. The number of halogens is 2. The molecule has 1 aromatic carbocycles. The Morgan fingerprint density at radius 3 is 2.63 bits per heavy atom. The predicted molar refractivity (Wildman–Crippen MR) is 95.8 cm³/mol. The Labute approximate surface area is 204 Å². The first-order valence-electron chi connectivity index (χ1n) is 7.63. The van der Waals surface area contributed by atoms with Crippen molar-refractivity contribution in [1.82, 2.24) is 14.4 Å². The molecule has 5 nitrogen and oxygen atoms in total. The number of carboxylic acid groups (broad SMARTS) is 1. The van der Waals surface area contributed by atoms with E-state index in [-0.39, 0.29) is 56.9 Å². The van der Waals surface area contributed by atoms with Crippen LogP contribution in [0.5, 0.6) is 0 Å². The third-order valence-corrected chi connectivity index (χ3v) is 4.46. The summed E-state index contributed by atoms with van der Waals surface area (Å²) in [5.41, 5.74) is 2.49. The average Bonchev–Trinajstić information content (AvgIpc) is 3.05. The van der Waals surface area contributed by atoms with Gasteiger partial charge < -0.3 is 14.3 Å². The molecule has 0 atom stereocenters. The summed E-state index contributed by atoms with van der Waals surface area (Å²) in [6.45, 7) is 0. The number of hydrogen-bond donors (Lipinski definition) is 0. The summed E-state index contributed by atoms with van der Waals surface area (Å²) in [7, 11) is 0. The maximum atomic E-state index is 14.3. The topological polar surface area (TPSA) is 70.3 Å². The van der Waals surface area contributed by atoms with Crippen molar-refractivity contribution in [2.45, 2.75) is 0 Å². The molecule has 8 heteroatoms. The molecule has 0 amide bonds.